The first-order chi connectivity index (χ1) is 14.2. The summed E-state index contributed by atoms with van der Waals surface area (Å²) in [5.74, 6) is 0.671. The molecular formula is C23H26N4O2. The van der Waals surface area contributed by atoms with Gasteiger partial charge in [0.05, 0.1) is 18.4 Å². The number of rotatable bonds is 6. The number of methoxy groups -OCH3 is 1. The molecule has 29 heavy (non-hydrogen) atoms. The SMILES string of the molecule is COc1ccc(-c2nn(-c3ccccc3)cc2C(=O)NC[C@H]2CCCN2C)cc1. The van der Waals surface area contributed by atoms with E-state index in [9.17, 15) is 4.79 Å². The van der Waals surface area contributed by atoms with E-state index in [1.165, 1.54) is 6.42 Å². The Morgan fingerprint density at radius 3 is 2.59 bits per heavy atom. The molecule has 1 fully saturated rings. The van der Waals surface area contributed by atoms with Crippen LogP contribution in [0.25, 0.3) is 16.9 Å². The van der Waals surface area contributed by atoms with E-state index in [1.807, 2.05) is 60.8 Å². The van der Waals surface area contributed by atoms with Gasteiger partial charge >= 0.3 is 0 Å². The van der Waals surface area contributed by atoms with Gasteiger partial charge in [-0.1, -0.05) is 18.2 Å². The molecule has 0 saturated carbocycles. The molecular weight excluding hydrogens is 364 g/mol. The van der Waals surface area contributed by atoms with E-state index >= 15 is 0 Å². The minimum absolute atomic E-state index is 0.0988. The number of carbonyl (C=O) groups excluding carboxylic acids is 1. The number of hydrogen-bond donors (Lipinski definition) is 1. The molecule has 1 saturated heterocycles. The second-order valence-electron chi connectivity index (χ2n) is 7.39. The molecule has 6 heteroatoms. The van der Waals surface area contributed by atoms with E-state index in [-0.39, 0.29) is 5.91 Å². The number of ether oxygens (including phenoxy) is 1. The van der Waals surface area contributed by atoms with E-state index < -0.39 is 0 Å². The predicted octanol–water partition coefficient (Wildman–Crippen LogP) is 3.37. The summed E-state index contributed by atoms with van der Waals surface area (Å²) in [6, 6.07) is 17.8. The maximum absolute atomic E-state index is 13.1. The van der Waals surface area contributed by atoms with E-state index in [4.69, 9.17) is 9.84 Å². The molecule has 1 atom stereocenters. The van der Waals surface area contributed by atoms with Crippen molar-refractivity contribution in [2.45, 2.75) is 18.9 Å². The molecule has 1 N–H and O–H groups in total. The third-order valence-corrected chi connectivity index (χ3v) is 5.51. The van der Waals surface area contributed by atoms with Gasteiger partial charge in [-0.3, -0.25) is 4.79 Å². The summed E-state index contributed by atoms with van der Waals surface area (Å²) in [6.45, 7) is 1.73. The van der Waals surface area contributed by atoms with Crippen LogP contribution in [0.15, 0.2) is 60.8 Å². The number of likely N-dealkylation sites (N-methyl/N-ethyl adjacent to an activating group) is 1. The molecule has 0 spiro atoms. The molecule has 1 aromatic heterocycles. The molecule has 0 bridgehead atoms. The monoisotopic (exact) mass is 390 g/mol. The zero-order valence-corrected chi connectivity index (χ0v) is 16.8. The standard InChI is InChI=1S/C23H26N4O2/c1-26-14-6-9-19(26)15-24-23(28)21-16-27(18-7-4-3-5-8-18)25-22(21)17-10-12-20(29-2)13-11-17/h3-5,7-8,10-13,16,19H,6,9,14-15H2,1-2H3,(H,24,28)/t19-/m1/s1. The number of likely N-dealkylation sites (tertiary alicyclic amines) is 1. The van der Waals surface area contributed by atoms with Crippen molar-refractivity contribution in [2.75, 3.05) is 27.2 Å². The number of amides is 1. The average molecular weight is 390 g/mol. The van der Waals surface area contributed by atoms with Gasteiger partial charge in [0.15, 0.2) is 0 Å². The van der Waals surface area contributed by atoms with Crippen LogP contribution < -0.4 is 10.1 Å². The fraction of sp³-hybridized carbons (Fsp3) is 0.304. The van der Waals surface area contributed by atoms with E-state index in [2.05, 4.69) is 17.3 Å². The maximum atomic E-state index is 13.1. The topological polar surface area (TPSA) is 59.4 Å². The molecule has 1 aliphatic heterocycles. The van der Waals surface area contributed by atoms with Gasteiger partial charge in [-0.15, -0.1) is 0 Å². The third kappa shape index (κ3) is 4.17. The highest BCUT2D eigenvalue weighted by atomic mass is 16.5. The van der Waals surface area contributed by atoms with Crippen LogP contribution in [-0.2, 0) is 0 Å². The van der Waals surface area contributed by atoms with Crippen LogP contribution in [0.4, 0.5) is 0 Å². The molecule has 3 aromatic rings. The molecule has 0 unspecified atom stereocenters. The van der Waals surface area contributed by atoms with Crippen LogP contribution in [0.5, 0.6) is 5.75 Å². The number of hydrogen-bond acceptors (Lipinski definition) is 4. The first-order valence-electron chi connectivity index (χ1n) is 9.93. The number of benzene rings is 2. The van der Waals surface area contributed by atoms with E-state index in [0.717, 1.165) is 30.0 Å². The van der Waals surface area contributed by atoms with Gasteiger partial charge in [0.1, 0.15) is 11.4 Å². The summed E-state index contributed by atoms with van der Waals surface area (Å²) < 4.78 is 7.01. The normalized spacial score (nSPS) is 16.7. The Labute approximate surface area is 171 Å². The van der Waals surface area contributed by atoms with Crippen molar-refractivity contribution in [2.24, 2.45) is 0 Å². The van der Waals surface area contributed by atoms with Crippen molar-refractivity contribution >= 4 is 5.91 Å². The summed E-state index contributed by atoms with van der Waals surface area (Å²) in [6.07, 6.45) is 4.11. The molecule has 2 heterocycles. The predicted molar refractivity (Wildman–Crippen MR) is 114 cm³/mol. The molecule has 2 aromatic carbocycles. The Hall–Kier alpha value is -3.12. The van der Waals surface area contributed by atoms with Crippen molar-refractivity contribution in [3.05, 3.63) is 66.4 Å². The molecule has 6 nitrogen and oxygen atoms in total. The lowest BCUT2D eigenvalue weighted by Gasteiger charge is -2.19. The summed E-state index contributed by atoms with van der Waals surface area (Å²) >= 11 is 0. The van der Waals surface area contributed by atoms with Crippen molar-refractivity contribution in [1.82, 2.24) is 20.0 Å². The van der Waals surface area contributed by atoms with Crippen LogP contribution in [0.2, 0.25) is 0 Å². The number of carbonyl (C=O) groups is 1. The van der Waals surface area contributed by atoms with Gasteiger partial charge in [0.2, 0.25) is 0 Å². The fourth-order valence-electron chi connectivity index (χ4n) is 3.76. The molecule has 0 aliphatic carbocycles. The maximum Gasteiger partial charge on any atom is 0.255 e. The lowest BCUT2D eigenvalue weighted by atomic mass is 10.1. The van der Waals surface area contributed by atoms with Crippen molar-refractivity contribution in [3.8, 4) is 22.7 Å². The van der Waals surface area contributed by atoms with Gasteiger partial charge in [0, 0.05) is 24.3 Å². The summed E-state index contributed by atoms with van der Waals surface area (Å²) in [5.41, 5.74) is 3.02. The Kier molecular flexibility index (Phi) is 5.62. The van der Waals surface area contributed by atoms with Crippen LogP contribution in [0.3, 0.4) is 0 Å². The lowest BCUT2D eigenvalue weighted by molar-refractivity contribution is 0.0944. The first-order valence-corrected chi connectivity index (χ1v) is 9.93. The van der Waals surface area contributed by atoms with Gasteiger partial charge in [-0.05, 0) is 62.8 Å². The van der Waals surface area contributed by atoms with Crippen LogP contribution >= 0.6 is 0 Å². The lowest BCUT2D eigenvalue weighted by Crippen LogP contribution is -2.38. The quantitative estimate of drug-likeness (QED) is 0.701. The Morgan fingerprint density at radius 2 is 1.93 bits per heavy atom. The molecule has 0 radical (unpaired) electrons. The smallest absolute Gasteiger partial charge is 0.255 e. The van der Waals surface area contributed by atoms with Gasteiger partial charge in [-0.25, -0.2) is 4.68 Å². The molecule has 1 amide bonds. The summed E-state index contributed by atoms with van der Waals surface area (Å²) in [7, 11) is 3.75. The summed E-state index contributed by atoms with van der Waals surface area (Å²) in [4.78, 5) is 15.4. The summed E-state index contributed by atoms with van der Waals surface area (Å²) in [5, 5.41) is 7.84. The fourth-order valence-corrected chi connectivity index (χ4v) is 3.76. The van der Waals surface area contributed by atoms with Gasteiger partial charge < -0.3 is 15.0 Å². The Bertz CT molecular complexity index is 966. The number of aromatic nitrogens is 2. The highest BCUT2D eigenvalue weighted by Gasteiger charge is 2.23. The van der Waals surface area contributed by atoms with Gasteiger partial charge in [0.25, 0.3) is 5.91 Å². The molecule has 150 valence electrons. The highest BCUT2D eigenvalue weighted by Crippen LogP contribution is 2.26. The third-order valence-electron chi connectivity index (χ3n) is 5.51. The van der Waals surface area contributed by atoms with Crippen molar-refractivity contribution < 1.29 is 9.53 Å². The Morgan fingerprint density at radius 1 is 1.17 bits per heavy atom. The zero-order valence-electron chi connectivity index (χ0n) is 16.8. The molecule has 4 rings (SSSR count). The second kappa shape index (κ2) is 8.49. The largest absolute Gasteiger partial charge is 0.497 e. The van der Waals surface area contributed by atoms with E-state index in [1.54, 1.807) is 11.8 Å². The number of nitrogens with one attached hydrogen (secondary N) is 1. The zero-order chi connectivity index (χ0) is 20.2. The minimum atomic E-state index is -0.0988. The average Bonchev–Trinajstić information content (AvgIpc) is 3.39. The second-order valence-corrected chi connectivity index (χ2v) is 7.39. The highest BCUT2D eigenvalue weighted by molar-refractivity contribution is 6.00. The van der Waals surface area contributed by atoms with Crippen molar-refractivity contribution in [1.29, 1.82) is 0 Å². The number of para-hydroxylation sites is 1. The Balaban J connectivity index is 1.64. The van der Waals surface area contributed by atoms with Gasteiger partial charge in [-0.2, -0.15) is 5.10 Å². The van der Waals surface area contributed by atoms with Crippen LogP contribution in [0, 0.1) is 0 Å². The van der Waals surface area contributed by atoms with Crippen LogP contribution in [-0.4, -0.2) is 53.9 Å². The number of nitrogens with zero attached hydrogens (tertiary/aromatic N) is 3. The van der Waals surface area contributed by atoms with Crippen LogP contribution in [0.1, 0.15) is 23.2 Å². The minimum Gasteiger partial charge on any atom is -0.497 e. The van der Waals surface area contributed by atoms with E-state index in [0.29, 0.717) is 23.8 Å². The first kappa shape index (κ1) is 19.2. The molecule has 1 aliphatic rings. The van der Waals surface area contributed by atoms with Crippen molar-refractivity contribution in [3.63, 3.8) is 0 Å².